The SMILES string of the molecule is CC(=O)O[C@H]1CCC2(C)C(=CCC3C2CCC2(C)C(C(C)=O)=CCC32)C1. The maximum atomic E-state index is 12.2. The first-order chi connectivity index (χ1) is 12.3. The summed E-state index contributed by atoms with van der Waals surface area (Å²) < 4.78 is 5.52. The fraction of sp³-hybridized carbons (Fsp3) is 0.739. The molecule has 0 radical (unpaired) electrons. The molecule has 0 amide bonds. The first kappa shape index (κ1) is 18.0. The zero-order valence-electron chi connectivity index (χ0n) is 16.6. The molecule has 0 aromatic carbocycles. The number of esters is 1. The van der Waals surface area contributed by atoms with Gasteiger partial charge in [-0.15, -0.1) is 0 Å². The van der Waals surface area contributed by atoms with E-state index in [0.29, 0.717) is 17.8 Å². The highest BCUT2D eigenvalue weighted by Gasteiger charge is 2.57. The molecule has 2 fully saturated rings. The zero-order valence-corrected chi connectivity index (χ0v) is 16.6. The monoisotopic (exact) mass is 356 g/mol. The van der Waals surface area contributed by atoms with Crippen molar-refractivity contribution in [2.75, 3.05) is 0 Å². The second-order valence-electron chi connectivity index (χ2n) is 9.60. The Labute approximate surface area is 157 Å². The lowest BCUT2D eigenvalue weighted by molar-refractivity contribution is -0.148. The number of allylic oxidation sites excluding steroid dienone is 3. The third kappa shape index (κ3) is 2.53. The molecule has 0 aromatic heterocycles. The van der Waals surface area contributed by atoms with E-state index in [0.717, 1.165) is 44.1 Å². The molecule has 4 rings (SSSR count). The quantitative estimate of drug-likeness (QED) is 0.516. The van der Waals surface area contributed by atoms with Gasteiger partial charge in [0.25, 0.3) is 0 Å². The lowest BCUT2D eigenvalue weighted by atomic mass is 9.47. The Morgan fingerprint density at radius 3 is 2.42 bits per heavy atom. The molecule has 5 unspecified atom stereocenters. The van der Waals surface area contributed by atoms with E-state index in [-0.39, 0.29) is 28.7 Å². The van der Waals surface area contributed by atoms with Crippen LogP contribution in [0.25, 0.3) is 0 Å². The summed E-state index contributed by atoms with van der Waals surface area (Å²) in [6.45, 7) is 8.05. The van der Waals surface area contributed by atoms with Gasteiger partial charge in [-0.05, 0) is 79.6 Å². The smallest absolute Gasteiger partial charge is 0.302 e. The molecule has 4 aliphatic carbocycles. The minimum absolute atomic E-state index is 0.0645. The van der Waals surface area contributed by atoms with E-state index in [2.05, 4.69) is 26.0 Å². The molecule has 0 aliphatic heterocycles. The van der Waals surface area contributed by atoms with Crippen LogP contribution in [-0.4, -0.2) is 17.9 Å². The Kier molecular flexibility index (Phi) is 4.20. The topological polar surface area (TPSA) is 43.4 Å². The predicted octanol–water partition coefficient (Wildman–Crippen LogP) is 5.01. The number of Topliss-reactive ketones (excluding diaryl/α,β-unsaturated/α-hetero) is 1. The summed E-state index contributed by atoms with van der Waals surface area (Å²) in [6.07, 6.45) is 12.3. The first-order valence-corrected chi connectivity index (χ1v) is 10.3. The van der Waals surface area contributed by atoms with Crippen molar-refractivity contribution >= 4 is 11.8 Å². The molecule has 2 saturated carbocycles. The van der Waals surface area contributed by atoms with Crippen LogP contribution in [-0.2, 0) is 14.3 Å². The van der Waals surface area contributed by atoms with Crippen molar-refractivity contribution in [3.8, 4) is 0 Å². The van der Waals surface area contributed by atoms with E-state index in [4.69, 9.17) is 4.74 Å². The van der Waals surface area contributed by atoms with E-state index in [1.165, 1.54) is 18.9 Å². The molecule has 26 heavy (non-hydrogen) atoms. The number of ketones is 1. The summed E-state index contributed by atoms with van der Waals surface area (Å²) in [5.41, 5.74) is 2.96. The normalized spacial score (nSPS) is 44.2. The third-order valence-corrected chi connectivity index (χ3v) is 8.35. The fourth-order valence-corrected chi connectivity index (χ4v) is 7.08. The van der Waals surface area contributed by atoms with Gasteiger partial charge in [-0.1, -0.05) is 31.6 Å². The van der Waals surface area contributed by atoms with Crippen LogP contribution in [0, 0.1) is 28.6 Å². The van der Waals surface area contributed by atoms with Crippen LogP contribution in [0.3, 0.4) is 0 Å². The van der Waals surface area contributed by atoms with Gasteiger partial charge in [-0.25, -0.2) is 0 Å². The Balaban J connectivity index is 1.59. The summed E-state index contributed by atoms with van der Waals surface area (Å²) in [6, 6.07) is 0. The van der Waals surface area contributed by atoms with Crippen LogP contribution in [0.4, 0.5) is 0 Å². The van der Waals surface area contributed by atoms with E-state index in [1.807, 2.05) is 0 Å². The van der Waals surface area contributed by atoms with Crippen molar-refractivity contribution < 1.29 is 14.3 Å². The Morgan fingerprint density at radius 2 is 1.73 bits per heavy atom. The summed E-state index contributed by atoms with van der Waals surface area (Å²) in [4.78, 5) is 23.5. The van der Waals surface area contributed by atoms with E-state index >= 15 is 0 Å². The van der Waals surface area contributed by atoms with Gasteiger partial charge in [0.05, 0.1) is 0 Å². The standard InChI is InChI=1S/C23H32O3/c1-14(24)19-7-8-20-18-6-5-16-13-17(26-15(2)25)9-11-22(16,3)21(18)10-12-23(19,20)4/h5,7,17-18,20-21H,6,8-13H2,1-4H3/t17-,18?,20?,21?,22?,23?/m0/s1. The lowest BCUT2D eigenvalue weighted by Gasteiger charge is -2.57. The predicted molar refractivity (Wildman–Crippen MR) is 101 cm³/mol. The van der Waals surface area contributed by atoms with Crippen LogP contribution in [0.2, 0.25) is 0 Å². The average Bonchev–Trinajstić information content (AvgIpc) is 2.92. The minimum atomic E-state index is -0.157. The lowest BCUT2D eigenvalue weighted by Crippen LogP contribution is -2.50. The molecular formula is C23H32O3. The summed E-state index contributed by atoms with van der Waals surface area (Å²) in [5.74, 6) is 2.11. The molecule has 0 aromatic rings. The van der Waals surface area contributed by atoms with Gasteiger partial charge in [0.15, 0.2) is 5.78 Å². The van der Waals surface area contributed by atoms with E-state index < -0.39 is 0 Å². The molecular weight excluding hydrogens is 324 g/mol. The molecule has 0 heterocycles. The molecule has 142 valence electrons. The maximum absolute atomic E-state index is 12.2. The largest absolute Gasteiger partial charge is 0.462 e. The highest BCUT2D eigenvalue weighted by molar-refractivity contribution is 5.95. The number of hydrogen-bond donors (Lipinski definition) is 0. The minimum Gasteiger partial charge on any atom is -0.462 e. The zero-order chi connectivity index (χ0) is 18.7. The van der Waals surface area contributed by atoms with Gasteiger partial charge in [-0.3, -0.25) is 9.59 Å². The number of carbonyl (C=O) groups excluding carboxylic acids is 2. The number of rotatable bonds is 2. The summed E-state index contributed by atoms with van der Waals surface area (Å²) in [7, 11) is 0. The molecule has 0 spiro atoms. The van der Waals surface area contributed by atoms with Gasteiger partial charge in [-0.2, -0.15) is 0 Å². The fourth-order valence-electron chi connectivity index (χ4n) is 7.08. The van der Waals surface area contributed by atoms with Crippen molar-refractivity contribution in [1.29, 1.82) is 0 Å². The van der Waals surface area contributed by atoms with Gasteiger partial charge >= 0.3 is 5.97 Å². The van der Waals surface area contributed by atoms with Crippen molar-refractivity contribution in [2.45, 2.75) is 78.7 Å². The van der Waals surface area contributed by atoms with Crippen LogP contribution in [0.1, 0.15) is 72.6 Å². The van der Waals surface area contributed by atoms with Gasteiger partial charge in [0, 0.05) is 13.3 Å². The molecule has 0 saturated heterocycles. The molecule has 3 heteroatoms. The Morgan fingerprint density at radius 1 is 1.00 bits per heavy atom. The second kappa shape index (κ2) is 6.07. The van der Waals surface area contributed by atoms with E-state index in [1.54, 1.807) is 6.92 Å². The van der Waals surface area contributed by atoms with Crippen molar-refractivity contribution in [1.82, 2.24) is 0 Å². The molecule has 6 atom stereocenters. The van der Waals surface area contributed by atoms with E-state index in [9.17, 15) is 9.59 Å². The summed E-state index contributed by atoms with van der Waals surface area (Å²) >= 11 is 0. The van der Waals surface area contributed by atoms with Crippen LogP contribution >= 0.6 is 0 Å². The Bertz CT molecular complexity index is 702. The third-order valence-electron chi connectivity index (χ3n) is 8.35. The van der Waals surface area contributed by atoms with Crippen molar-refractivity contribution in [3.05, 3.63) is 23.3 Å². The maximum Gasteiger partial charge on any atom is 0.302 e. The highest BCUT2D eigenvalue weighted by Crippen LogP contribution is 2.65. The van der Waals surface area contributed by atoms with Crippen molar-refractivity contribution in [2.24, 2.45) is 28.6 Å². The van der Waals surface area contributed by atoms with Crippen LogP contribution in [0.5, 0.6) is 0 Å². The molecule has 0 N–H and O–H groups in total. The highest BCUT2D eigenvalue weighted by atomic mass is 16.5. The number of fused-ring (bicyclic) bond motifs is 5. The number of carbonyl (C=O) groups is 2. The number of ether oxygens (including phenoxy) is 1. The molecule has 0 bridgehead atoms. The van der Waals surface area contributed by atoms with Gasteiger partial charge in [0.1, 0.15) is 6.10 Å². The molecule has 3 nitrogen and oxygen atoms in total. The van der Waals surface area contributed by atoms with Gasteiger partial charge in [0.2, 0.25) is 0 Å². The Hall–Kier alpha value is -1.38. The second-order valence-corrected chi connectivity index (χ2v) is 9.60. The summed E-state index contributed by atoms with van der Waals surface area (Å²) in [5, 5.41) is 0. The van der Waals surface area contributed by atoms with Crippen LogP contribution < -0.4 is 0 Å². The first-order valence-electron chi connectivity index (χ1n) is 10.3. The van der Waals surface area contributed by atoms with Gasteiger partial charge < -0.3 is 4.74 Å². The average molecular weight is 357 g/mol. The number of hydrogen-bond acceptors (Lipinski definition) is 3. The van der Waals surface area contributed by atoms with Crippen molar-refractivity contribution in [3.63, 3.8) is 0 Å². The molecule has 4 aliphatic rings. The van der Waals surface area contributed by atoms with Crippen LogP contribution in [0.15, 0.2) is 23.3 Å².